The largest absolute Gasteiger partial charge is 0.497 e. The second kappa shape index (κ2) is 5.90. The Hall–Kier alpha value is -1.81. The van der Waals surface area contributed by atoms with E-state index in [0.29, 0.717) is 17.1 Å². The first-order valence-corrected chi connectivity index (χ1v) is 7.55. The van der Waals surface area contributed by atoms with Gasteiger partial charge in [-0.15, -0.1) is 11.3 Å². The van der Waals surface area contributed by atoms with E-state index in [0.717, 1.165) is 4.88 Å². The molecule has 0 saturated carbocycles. The predicted molar refractivity (Wildman–Crippen MR) is 86.0 cm³/mol. The highest BCUT2D eigenvalue weighted by atomic mass is 32.1. The molecular formula is C17H20O3S. The Morgan fingerprint density at radius 1 is 1.00 bits per heavy atom. The van der Waals surface area contributed by atoms with Gasteiger partial charge in [0.15, 0.2) is 0 Å². The van der Waals surface area contributed by atoms with Crippen LogP contribution < -0.4 is 9.47 Å². The number of carbonyl (C=O) groups excluding carboxylic acids is 1. The number of methoxy groups -OCH3 is 2. The summed E-state index contributed by atoms with van der Waals surface area (Å²) in [6.45, 7) is 6.42. The number of ketones is 1. The summed E-state index contributed by atoms with van der Waals surface area (Å²) in [4.78, 5) is 14.5. The number of thiophene rings is 1. The van der Waals surface area contributed by atoms with Gasteiger partial charge in [-0.05, 0) is 29.7 Å². The summed E-state index contributed by atoms with van der Waals surface area (Å²) < 4.78 is 10.4. The van der Waals surface area contributed by atoms with Gasteiger partial charge in [-0.1, -0.05) is 20.8 Å². The minimum atomic E-state index is -0.00676. The standard InChI is InChI=1S/C17H20O3S/c1-17(2,3)15-7-6-14(21-15)16(18)11-8-12(19-4)10-13(9-11)20-5/h6-10H,1-5H3. The fourth-order valence-electron chi connectivity index (χ4n) is 1.94. The Labute approximate surface area is 129 Å². The summed E-state index contributed by atoms with van der Waals surface area (Å²) in [6.07, 6.45) is 0. The molecule has 0 bridgehead atoms. The van der Waals surface area contributed by atoms with E-state index >= 15 is 0 Å². The van der Waals surface area contributed by atoms with Crippen molar-refractivity contribution in [3.05, 3.63) is 45.6 Å². The Kier molecular flexibility index (Phi) is 4.37. The van der Waals surface area contributed by atoms with E-state index in [-0.39, 0.29) is 11.2 Å². The molecule has 0 aliphatic rings. The molecule has 0 saturated heterocycles. The van der Waals surface area contributed by atoms with Crippen LogP contribution in [0.15, 0.2) is 30.3 Å². The monoisotopic (exact) mass is 304 g/mol. The van der Waals surface area contributed by atoms with Gasteiger partial charge in [-0.25, -0.2) is 0 Å². The first-order chi connectivity index (χ1) is 9.85. The first-order valence-electron chi connectivity index (χ1n) is 6.73. The van der Waals surface area contributed by atoms with Crippen LogP contribution in [-0.4, -0.2) is 20.0 Å². The van der Waals surface area contributed by atoms with Crippen LogP contribution in [0.5, 0.6) is 11.5 Å². The van der Waals surface area contributed by atoms with Crippen molar-refractivity contribution in [1.29, 1.82) is 0 Å². The van der Waals surface area contributed by atoms with Crippen molar-refractivity contribution >= 4 is 17.1 Å². The lowest BCUT2D eigenvalue weighted by Gasteiger charge is -2.15. The molecule has 4 heteroatoms. The number of hydrogen-bond donors (Lipinski definition) is 0. The molecule has 112 valence electrons. The number of rotatable bonds is 4. The van der Waals surface area contributed by atoms with Gasteiger partial charge in [-0.3, -0.25) is 4.79 Å². The van der Waals surface area contributed by atoms with Gasteiger partial charge in [0.25, 0.3) is 0 Å². The van der Waals surface area contributed by atoms with Gasteiger partial charge in [0.05, 0.1) is 19.1 Å². The van der Waals surface area contributed by atoms with Gasteiger partial charge in [-0.2, -0.15) is 0 Å². The molecule has 0 N–H and O–H groups in total. The van der Waals surface area contributed by atoms with Crippen LogP contribution in [-0.2, 0) is 5.41 Å². The zero-order valence-electron chi connectivity index (χ0n) is 13.0. The third-order valence-corrected chi connectivity index (χ3v) is 4.69. The molecular weight excluding hydrogens is 284 g/mol. The van der Waals surface area contributed by atoms with E-state index < -0.39 is 0 Å². The minimum Gasteiger partial charge on any atom is -0.497 e. The fraction of sp³-hybridized carbons (Fsp3) is 0.353. The predicted octanol–water partition coefficient (Wildman–Crippen LogP) is 4.29. The molecule has 0 atom stereocenters. The molecule has 3 nitrogen and oxygen atoms in total. The molecule has 1 aromatic heterocycles. The molecule has 2 rings (SSSR count). The molecule has 0 spiro atoms. The third-order valence-electron chi connectivity index (χ3n) is 3.18. The second-order valence-corrected chi connectivity index (χ2v) is 6.93. The summed E-state index contributed by atoms with van der Waals surface area (Å²) in [5, 5.41) is 0. The molecule has 0 fully saturated rings. The smallest absolute Gasteiger partial charge is 0.203 e. The van der Waals surface area contributed by atoms with E-state index in [2.05, 4.69) is 20.8 Å². The molecule has 0 aliphatic carbocycles. The van der Waals surface area contributed by atoms with Crippen molar-refractivity contribution in [2.75, 3.05) is 14.2 Å². The van der Waals surface area contributed by atoms with Crippen LogP contribution >= 0.6 is 11.3 Å². The van der Waals surface area contributed by atoms with Crippen LogP contribution in [0, 0.1) is 0 Å². The van der Waals surface area contributed by atoms with Gasteiger partial charge in [0, 0.05) is 16.5 Å². The van der Waals surface area contributed by atoms with Crippen molar-refractivity contribution in [2.24, 2.45) is 0 Å². The van der Waals surface area contributed by atoms with Crippen molar-refractivity contribution < 1.29 is 14.3 Å². The van der Waals surface area contributed by atoms with E-state index in [1.54, 1.807) is 32.4 Å². The zero-order valence-corrected chi connectivity index (χ0v) is 13.8. The fourth-order valence-corrected chi connectivity index (χ4v) is 2.97. The maximum Gasteiger partial charge on any atom is 0.203 e. The van der Waals surface area contributed by atoms with Crippen LogP contribution in [0.2, 0.25) is 0 Å². The Morgan fingerprint density at radius 3 is 2.00 bits per heavy atom. The lowest BCUT2D eigenvalue weighted by molar-refractivity contribution is 0.104. The van der Waals surface area contributed by atoms with Gasteiger partial charge in [0.2, 0.25) is 5.78 Å². The van der Waals surface area contributed by atoms with Crippen molar-refractivity contribution in [2.45, 2.75) is 26.2 Å². The van der Waals surface area contributed by atoms with Gasteiger partial charge < -0.3 is 9.47 Å². The van der Waals surface area contributed by atoms with E-state index in [4.69, 9.17) is 9.47 Å². The molecule has 1 aromatic carbocycles. The van der Waals surface area contributed by atoms with Gasteiger partial charge in [0.1, 0.15) is 11.5 Å². The van der Waals surface area contributed by atoms with Crippen LogP contribution in [0.25, 0.3) is 0 Å². The number of carbonyl (C=O) groups is 1. The highest BCUT2D eigenvalue weighted by molar-refractivity contribution is 7.14. The van der Waals surface area contributed by atoms with Gasteiger partial charge >= 0.3 is 0 Å². The Balaban J connectivity index is 2.38. The van der Waals surface area contributed by atoms with Crippen LogP contribution in [0.3, 0.4) is 0 Å². The summed E-state index contributed by atoms with van der Waals surface area (Å²) in [5.41, 5.74) is 0.628. The summed E-state index contributed by atoms with van der Waals surface area (Å²) >= 11 is 1.54. The normalized spacial score (nSPS) is 11.3. The Morgan fingerprint density at radius 2 is 1.57 bits per heavy atom. The van der Waals surface area contributed by atoms with E-state index in [1.165, 1.54) is 16.2 Å². The zero-order chi connectivity index (χ0) is 15.6. The highest BCUT2D eigenvalue weighted by Gasteiger charge is 2.20. The summed E-state index contributed by atoms with van der Waals surface area (Å²) in [5.74, 6) is 1.23. The third kappa shape index (κ3) is 3.45. The minimum absolute atomic E-state index is 0.00676. The average molecular weight is 304 g/mol. The quantitative estimate of drug-likeness (QED) is 0.790. The molecule has 0 radical (unpaired) electrons. The number of benzene rings is 1. The SMILES string of the molecule is COc1cc(OC)cc(C(=O)c2ccc(C(C)(C)C)s2)c1. The first kappa shape index (κ1) is 15.6. The van der Waals surface area contributed by atoms with Crippen molar-refractivity contribution in [1.82, 2.24) is 0 Å². The molecule has 1 heterocycles. The maximum absolute atomic E-state index is 12.6. The molecule has 0 amide bonds. The van der Waals surface area contributed by atoms with Crippen LogP contribution in [0.4, 0.5) is 0 Å². The van der Waals surface area contributed by atoms with E-state index in [9.17, 15) is 4.79 Å². The topological polar surface area (TPSA) is 35.5 Å². The number of ether oxygens (including phenoxy) is 2. The lowest BCUT2D eigenvalue weighted by atomic mass is 9.95. The lowest BCUT2D eigenvalue weighted by Crippen LogP contribution is -2.08. The highest BCUT2D eigenvalue weighted by Crippen LogP contribution is 2.31. The molecule has 0 aliphatic heterocycles. The maximum atomic E-state index is 12.6. The van der Waals surface area contributed by atoms with E-state index in [1.807, 2.05) is 12.1 Å². The molecule has 2 aromatic rings. The molecule has 21 heavy (non-hydrogen) atoms. The van der Waals surface area contributed by atoms with Crippen molar-refractivity contribution in [3.63, 3.8) is 0 Å². The molecule has 0 unspecified atom stereocenters. The number of hydrogen-bond acceptors (Lipinski definition) is 4. The van der Waals surface area contributed by atoms with Crippen molar-refractivity contribution in [3.8, 4) is 11.5 Å². The summed E-state index contributed by atoms with van der Waals surface area (Å²) in [6, 6.07) is 9.14. The van der Waals surface area contributed by atoms with Crippen LogP contribution in [0.1, 0.15) is 40.9 Å². The summed E-state index contributed by atoms with van der Waals surface area (Å²) in [7, 11) is 3.15. The average Bonchev–Trinajstić information content (AvgIpc) is 2.95. The second-order valence-electron chi connectivity index (χ2n) is 5.84. The Bertz CT molecular complexity index is 628.